The lowest BCUT2D eigenvalue weighted by Gasteiger charge is -2.38. The highest BCUT2D eigenvalue weighted by Crippen LogP contribution is 2.25. The van der Waals surface area contributed by atoms with E-state index in [-0.39, 0.29) is 31.1 Å². The van der Waals surface area contributed by atoms with E-state index in [1.165, 1.54) is 5.56 Å². The molecule has 0 radical (unpaired) electrons. The third-order valence-corrected chi connectivity index (χ3v) is 6.95. The molecule has 11 heteroatoms. The first-order chi connectivity index (χ1) is 17.8. The number of likely N-dealkylation sites (tertiary alicyclic amines) is 1. The molecule has 2 aromatic carbocycles. The number of unbranched alkanes of at least 4 members (excludes halogenated alkanes) is 1. The minimum atomic E-state index is -3.31. The van der Waals surface area contributed by atoms with Crippen molar-refractivity contribution in [3.05, 3.63) is 54.1 Å². The fraction of sp³-hybridized carbons (Fsp3) is 0.519. The van der Waals surface area contributed by atoms with E-state index in [9.17, 15) is 13.2 Å². The number of urea groups is 1. The lowest BCUT2D eigenvalue weighted by atomic mass is 10.0. The molecule has 0 spiro atoms. The lowest BCUT2D eigenvalue weighted by molar-refractivity contribution is 0.116. The van der Waals surface area contributed by atoms with Crippen LogP contribution in [0.15, 0.2) is 48.5 Å². The predicted octanol–water partition coefficient (Wildman–Crippen LogP) is 4.43. The van der Waals surface area contributed by atoms with Crippen molar-refractivity contribution in [3.63, 3.8) is 0 Å². The van der Waals surface area contributed by atoms with E-state index in [1.807, 2.05) is 17.0 Å². The van der Waals surface area contributed by atoms with E-state index >= 15 is 0 Å². The zero-order valence-electron chi connectivity index (χ0n) is 22.3. The number of sulfonamides is 1. The number of rotatable bonds is 13. The molecule has 1 fully saturated rings. The smallest absolute Gasteiger partial charge is 0.317 e. The molecule has 0 unspecified atom stereocenters. The average molecular weight is 569 g/mol. The number of hydrogen-bond acceptors (Lipinski definition) is 6. The van der Waals surface area contributed by atoms with Crippen LogP contribution in [-0.4, -0.2) is 74.4 Å². The molecule has 2 amide bonds. The number of carbonyl (C=O) groups is 1. The van der Waals surface area contributed by atoms with Crippen LogP contribution >= 0.6 is 12.4 Å². The Bertz CT molecular complexity index is 1080. The normalized spacial score (nSPS) is 14.4. The maximum atomic E-state index is 12.7. The molecule has 2 aromatic rings. The Morgan fingerprint density at radius 3 is 2.21 bits per heavy atom. The first-order valence-corrected chi connectivity index (χ1v) is 14.9. The fourth-order valence-electron chi connectivity index (χ4n) is 4.41. The molecule has 212 valence electrons. The molecule has 0 bridgehead atoms. The van der Waals surface area contributed by atoms with E-state index in [4.69, 9.17) is 9.84 Å². The topological polar surface area (TPSA) is 111 Å². The molecule has 1 aliphatic rings. The van der Waals surface area contributed by atoms with Gasteiger partial charge in [0.2, 0.25) is 10.0 Å². The summed E-state index contributed by atoms with van der Waals surface area (Å²) in [5, 5.41) is 11.9. The first kappa shape index (κ1) is 31.7. The molecule has 38 heavy (non-hydrogen) atoms. The van der Waals surface area contributed by atoms with Crippen molar-refractivity contribution < 1.29 is 23.1 Å². The van der Waals surface area contributed by atoms with Gasteiger partial charge in [0.15, 0.2) is 0 Å². The van der Waals surface area contributed by atoms with Crippen LogP contribution in [0.25, 0.3) is 0 Å². The quantitative estimate of drug-likeness (QED) is 0.308. The minimum Gasteiger partial charge on any atom is -0.457 e. The van der Waals surface area contributed by atoms with Crippen LogP contribution in [0, 0.1) is 0 Å². The van der Waals surface area contributed by atoms with Crippen molar-refractivity contribution in [2.24, 2.45) is 0 Å². The molecule has 9 nitrogen and oxygen atoms in total. The van der Waals surface area contributed by atoms with E-state index in [0.717, 1.165) is 58.1 Å². The highest BCUT2D eigenvalue weighted by molar-refractivity contribution is 7.92. The number of ether oxygens (including phenoxy) is 1. The summed E-state index contributed by atoms with van der Waals surface area (Å²) in [6, 6.07) is 15.0. The van der Waals surface area contributed by atoms with E-state index in [1.54, 1.807) is 24.3 Å². The Labute approximate surface area is 233 Å². The van der Waals surface area contributed by atoms with Gasteiger partial charge in [-0.3, -0.25) is 9.62 Å². The number of hydrogen-bond donors (Lipinski definition) is 3. The zero-order chi connectivity index (χ0) is 26.7. The Balaban J connectivity index is 0.00000507. The van der Waals surface area contributed by atoms with Crippen LogP contribution in [0.3, 0.4) is 0 Å². The Kier molecular flexibility index (Phi) is 13.2. The molecule has 3 rings (SSSR count). The third kappa shape index (κ3) is 10.7. The number of carbonyl (C=O) groups excluding carboxylic acids is 1. The molecule has 3 N–H and O–H groups in total. The van der Waals surface area contributed by atoms with Gasteiger partial charge in [0.05, 0.1) is 6.26 Å². The van der Waals surface area contributed by atoms with E-state index in [2.05, 4.69) is 34.0 Å². The van der Waals surface area contributed by atoms with Crippen molar-refractivity contribution >= 4 is 34.1 Å². The molecular formula is C27H41ClN4O5S. The molecule has 1 heterocycles. The maximum Gasteiger partial charge on any atom is 0.317 e. The van der Waals surface area contributed by atoms with Gasteiger partial charge in [0, 0.05) is 51.1 Å². The fourth-order valence-corrected chi connectivity index (χ4v) is 4.97. The minimum absolute atomic E-state index is 0. The number of halogens is 1. The van der Waals surface area contributed by atoms with Crippen LogP contribution in [0.5, 0.6) is 11.5 Å². The van der Waals surface area contributed by atoms with Gasteiger partial charge in [0.25, 0.3) is 0 Å². The molecule has 0 aliphatic carbocycles. The summed E-state index contributed by atoms with van der Waals surface area (Å²) in [5.74, 6) is 1.34. The number of piperidine rings is 1. The molecule has 0 aromatic heterocycles. The number of nitrogens with one attached hydrogen (secondary N) is 2. The summed E-state index contributed by atoms with van der Waals surface area (Å²) >= 11 is 0. The number of aliphatic hydroxyl groups excluding tert-OH is 1. The highest BCUT2D eigenvalue weighted by atomic mass is 35.5. The van der Waals surface area contributed by atoms with Gasteiger partial charge in [-0.2, -0.15) is 0 Å². The summed E-state index contributed by atoms with van der Waals surface area (Å²) in [6.07, 6.45) is 5.62. The Hall–Kier alpha value is -2.53. The summed E-state index contributed by atoms with van der Waals surface area (Å²) < 4.78 is 31.0. The van der Waals surface area contributed by atoms with Gasteiger partial charge < -0.3 is 20.1 Å². The number of anilines is 1. The van der Waals surface area contributed by atoms with Gasteiger partial charge in [0.1, 0.15) is 11.5 Å². The Morgan fingerprint density at radius 1 is 1.05 bits per heavy atom. The van der Waals surface area contributed by atoms with Crippen molar-refractivity contribution in [2.45, 2.75) is 51.6 Å². The second kappa shape index (κ2) is 15.8. The standard InChI is InChI=1S/C27H40N4O5S.ClH/c1-3-4-17-31(27(33)28-16-5-20-32)24-14-18-30(19-15-24)21-22-6-10-25(11-7-22)36-26-12-8-23(9-13-26)29-37(2,34)35;/h6-13,24,29,32H,3-5,14-21H2,1-2H3,(H,28,33);1H. The number of nitrogens with zero attached hydrogens (tertiary/aromatic N) is 2. The monoisotopic (exact) mass is 568 g/mol. The lowest BCUT2D eigenvalue weighted by Crippen LogP contribution is -2.51. The zero-order valence-corrected chi connectivity index (χ0v) is 23.9. The average Bonchev–Trinajstić information content (AvgIpc) is 2.87. The number of amides is 2. The maximum absolute atomic E-state index is 12.7. The SMILES string of the molecule is CCCCN(C(=O)NCCCO)C1CCN(Cc2ccc(Oc3ccc(NS(C)(=O)=O)cc3)cc2)CC1.Cl. The van der Waals surface area contributed by atoms with E-state index in [0.29, 0.717) is 30.2 Å². The van der Waals surface area contributed by atoms with Crippen LogP contribution in [-0.2, 0) is 16.6 Å². The molecule has 1 aliphatic heterocycles. The van der Waals surface area contributed by atoms with Gasteiger partial charge in [-0.25, -0.2) is 13.2 Å². The second-order valence-electron chi connectivity index (χ2n) is 9.51. The number of benzene rings is 2. The number of aliphatic hydroxyl groups is 1. The van der Waals surface area contributed by atoms with Crippen LogP contribution < -0.4 is 14.8 Å². The van der Waals surface area contributed by atoms with Crippen molar-refractivity contribution in [3.8, 4) is 11.5 Å². The summed E-state index contributed by atoms with van der Waals surface area (Å²) in [6.45, 7) is 6.20. The molecule has 0 saturated carbocycles. The van der Waals surface area contributed by atoms with Gasteiger partial charge >= 0.3 is 6.03 Å². The van der Waals surface area contributed by atoms with Crippen molar-refractivity contribution in [2.75, 3.05) is 43.8 Å². The van der Waals surface area contributed by atoms with Gasteiger partial charge in [-0.05, 0) is 67.6 Å². The van der Waals surface area contributed by atoms with Crippen molar-refractivity contribution in [1.82, 2.24) is 15.1 Å². The van der Waals surface area contributed by atoms with Gasteiger partial charge in [-0.1, -0.05) is 25.5 Å². The summed E-state index contributed by atoms with van der Waals surface area (Å²) in [7, 11) is -3.31. The molecular weight excluding hydrogens is 528 g/mol. The molecule has 0 atom stereocenters. The third-order valence-electron chi connectivity index (χ3n) is 6.35. The van der Waals surface area contributed by atoms with Crippen LogP contribution in [0.1, 0.15) is 44.6 Å². The molecule has 1 saturated heterocycles. The van der Waals surface area contributed by atoms with Crippen molar-refractivity contribution in [1.29, 1.82) is 0 Å². The summed E-state index contributed by atoms with van der Waals surface area (Å²) in [5.41, 5.74) is 1.69. The Morgan fingerprint density at radius 2 is 1.66 bits per heavy atom. The second-order valence-corrected chi connectivity index (χ2v) is 11.3. The largest absolute Gasteiger partial charge is 0.457 e. The van der Waals surface area contributed by atoms with Crippen LogP contribution in [0.4, 0.5) is 10.5 Å². The van der Waals surface area contributed by atoms with Crippen LogP contribution in [0.2, 0.25) is 0 Å². The highest BCUT2D eigenvalue weighted by Gasteiger charge is 2.27. The summed E-state index contributed by atoms with van der Waals surface area (Å²) in [4.78, 5) is 17.1. The van der Waals surface area contributed by atoms with E-state index < -0.39 is 10.0 Å². The van der Waals surface area contributed by atoms with Gasteiger partial charge in [-0.15, -0.1) is 12.4 Å². The predicted molar refractivity (Wildman–Crippen MR) is 154 cm³/mol. The first-order valence-electron chi connectivity index (χ1n) is 13.0.